The van der Waals surface area contributed by atoms with Crippen molar-refractivity contribution in [3.63, 3.8) is 0 Å². The SMILES string of the molecule is CCOc1ccccc1Oc1c(C(F)(F)F)oc2cc(OCC(=O)NCC(=O)[O-])ccc2c1=O. The highest BCUT2D eigenvalue weighted by molar-refractivity contribution is 5.82. The number of carbonyl (C=O) groups is 2. The third-order valence-corrected chi connectivity index (χ3v) is 4.24. The van der Waals surface area contributed by atoms with Gasteiger partial charge in [-0.1, -0.05) is 12.1 Å². The molecule has 3 rings (SSSR count). The van der Waals surface area contributed by atoms with E-state index in [0.717, 1.165) is 12.1 Å². The lowest BCUT2D eigenvalue weighted by molar-refractivity contribution is -0.304. The molecule has 1 aromatic heterocycles. The number of carboxylic acid groups (broad SMARTS) is 1. The summed E-state index contributed by atoms with van der Waals surface area (Å²) in [6, 6.07) is 9.29. The molecule has 1 N–H and O–H groups in total. The topological polar surface area (TPSA) is 127 Å². The van der Waals surface area contributed by atoms with Crippen molar-refractivity contribution in [2.24, 2.45) is 0 Å². The number of carboxylic acids is 1. The second-order valence-electron chi connectivity index (χ2n) is 6.66. The summed E-state index contributed by atoms with van der Waals surface area (Å²) in [6.07, 6.45) is -5.08. The van der Waals surface area contributed by atoms with E-state index in [-0.39, 0.29) is 29.2 Å². The predicted octanol–water partition coefficient (Wildman–Crippen LogP) is 2.25. The third kappa shape index (κ3) is 5.77. The average molecular weight is 480 g/mol. The molecule has 12 heteroatoms. The van der Waals surface area contributed by atoms with E-state index >= 15 is 0 Å². The molecular formula is C22H17F3NO8-. The van der Waals surface area contributed by atoms with Gasteiger partial charge in [-0.25, -0.2) is 0 Å². The highest BCUT2D eigenvalue weighted by Crippen LogP contribution is 2.40. The maximum absolute atomic E-state index is 13.7. The van der Waals surface area contributed by atoms with Gasteiger partial charge in [-0.3, -0.25) is 9.59 Å². The molecule has 34 heavy (non-hydrogen) atoms. The summed E-state index contributed by atoms with van der Waals surface area (Å²) in [5.74, 6) is -5.12. The molecule has 0 spiro atoms. The summed E-state index contributed by atoms with van der Waals surface area (Å²) in [7, 11) is 0. The Morgan fingerprint density at radius 1 is 1.09 bits per heavy atom. The van der Waals surface area contributed by atoms with E-state index in [1.54, 1.807) is 13.0 Å². The van der Waals surface area contributed by atoms with Gasteiger partial charge in [0.2, 0.25) is 11.2 Å². The number of alkyl halides is 3. The minimum atomic E-state index is -5.08. The lowest BCUT2D eigenvalue weighted by atomic mass is 10.2. The third-order valence-electron chi connectivity index (χ3n) is 4.24. The Kier molecular flexibility index (Phi) is 7.29. The van der Waals surface area contributed by atoms with E-state index in [4.69, 9.17) is 18.6 Å². The summed E-state index contributed by atoms with van der Waals surface area (Å²) in [5.41, 5.74) is -1.55. The fraction of sp³-hybridized carbons (Fsp3) is 0.227. The Morgan fingerprint density at radius 3 is 2.44 bits per heavy atom. The van der Waals surface area contributed by atoms with Crippen molar-refractivity contribution in [3.8, 4) is 23.0 Å². The number of nitrogens with one attached hydrogen (secondary N) is 1. The van der Waals surface area contributed by atoms with Crippen LogP contribution in [0.5, 0.6) is 23.0 Å². The minimum absolute atomic E-state index is 0.0947. The zero-order valence-electron chi connectivity index (χ0n) is 17.6. The number of aliphatic carboxylic acids is 1. The van der Waals surface area contributed by atoms with Crippen molar-refractivity contribution in [3.05, 3.63) is 58.4 Å². The summed E-state index contributed by atoms with van der Waals surface area (Å²) >= 11 is 0. The van der Waals surface area contributed by atoms with Crippen LogP contribution in [0.2, 0.25) is 0 Å². The molecule has 3 aromatic rings. The number of hydrogen-bond acceptors (Lipinski definition) is 8. The number of para-hydroxylation sites is 2. The molecule has 0 saturated heterocycles. The number of carbonyl (C=O) groups excluding carboxylic acids is 2. The predicted molar refractivity (Wildman–Crippen MR) is 109 cm³/mol. The molecule has 0 radical (unpaired) electrons. The molecule has 0 aliphatic carbocycles. The van der Waals surface area contributed by atoms with Gasteiger partial charge in [0.25, 0.3) is 11.7 Å². The van der Waals surface area contributed by atoms with Gasteiger partial charge in [-0.15, -0.1) is 0 Å². The molecule has 9 nitrogen and oxygen atoms in total. The standard InChI is InChI=1S/C22H18F3NO8/c1-2-31-14-5-3-4-6-15(14)33-20-19(30)13-8-7-12(32-11-17(27)26-10-18(28)29)9-16(13)34-21(20)22(23,24)25/h3-9H,2,10-11H2,1H3,(H,26,27)(H,28,29)/p-1. The number of fused-ring (bicyclic) bond motifs is 1. The maximum atomic E-state index is 13.7. The molecular weight excluding hydrogens is 463 g/mol. The largest absolute Gasteiger partial charge is 0.548 e. The average Bonchev–Trinajstić information content (AvgIpc) is 2.78. The highest BCUT2D eigenvalue weighted by Gasteiger charge is 2.40. The second-order valence-corrected chi connectivity index (χ2v) is 6.66. The molecule has 1 amide bonds. The molecule has 0 bridgehead atoms. The smallest absolute Gasteiger partial charge is 0.453 e. The first-order valence-electron chi connectivity index (χ1n) is 9.77. The van der Waals surface area contributed by atoms with Gasteiger partial charge in [-0.2, -0.15) is 13.2 Å². The first kappa shape index (κ1) is 24.4. The number of amides is 1. The number of hydrogen-bond donors (Lipinski definition) is 1. The Labute approximate surface area is 189 Å². The van der Waals surface area contributed by atoms with Gasteiger partial charge in [0.05, 0.1) is 24.5 Å². The fourth-order valence-corrected chi connectivity index (χ4v) is 2.82. The van der Waals surface area contributed by atoms with Crippen molar-refractivity contribution >= 4 is 22.8 Å². The lowest BCUT2D eigenvalue weighted by Crippen LogP contribution is -2.39. The van der Waals surface area contributed by atoms with Crippen LogP contribution in [0.15, 0.2) is 51.7 Å². The summed E-state index contributed by atoms with van der Waals surface area (Å²) in [4.78, 5) is 34.8. The van der Waals surface area contributed by atoms with Crippen LogP contribution in [0.25, 0.3) is 11.0 Å². The number of rotatable bonds is 9. The maximum Gasteiger partial charge on any atom is 0.453 e. The number of ether oxygens (including phenoxy) is 3. The summed E-state index contributed by atoms with van der Waals surface area (Å²) in [6.45, 7) is 0.519. The lowest BCUT2D eigenvalue weighted by Gasteiger charge is -2.15. The Balaban J connectivity index is 1.97. The van der Waals surface area contributed by atoms with Crippen molar-refractivity contribution in [2.75, 3.05) is 19.8 Å². The number of halogens is 3. The van der Waals surface area contributed by atoms with Crippen molar-refractivity contribution in [2.45, 2.75) is 13.1 Å². The molecule has 0 atom stereocenters. The van der Waals surface area contributed by atoms with Crippen LogP contribution in [0.3, 0.4) is 0 Å². The Hall–Kier alpha value is -4.22. The van der Waals surface area contributed by atoms with Gasteiger partial charge < -0.3 is 33.8 Å². The van der Waals surface area contributed by atoms with E-state index in [1.165, 1.54) is 24.3 Å². The van der Waals surface area contributed by atoms with Gasteiger partial charge in [0.15, 0.2) is 18.1 Å². The Bertz CT molecular complexity index is 1270. The van der Waals surface area contributed by atoms with Crippen LogP contribution in [-0.4, -0.2) is 31.6 Å². The molecule has 0 aliphatic rings. The van der Waals surface area contributed by atoms with Gasteiger partial charge in [0.1, 0.15) is 11.3 Å². The van der Waals surface area contributed by atoms with Crippen LogP contribution in [0.1, 0.15) is 12.7 Å². The molecule has 0 unspecified atom stereocenters. The molecule has 180 valence electrons. The van der Waals surface area contributed by atoms with Gasteiger partial charge >= 0.3 is 6.18 Å². The van der Waals surface area contributed by atoms with E-state index in [9.17, 15) is 32.7 Å². The van der Waals surface area contributed by atoms with Crippen LogP contribution in [0, 0.1) is 0 Å². The first-order valence-corrected chi connectivity index (χ1v) is 9.77. The normalized spacial score (nSPS) is 11.2. The Morgan fingerprint density at radius 2 is 1.79 bits per heavy atom. The molecule has 0 saturated carbocycles. The molecule has 1 heterocycles. The van der Waals surface area contributed by atoms with E-state index < -0.39 is 53.7 Å². The fourth-order valence-electron chi connectivity index (χ4n) is 2.82. The zero-order valence-corrected chi connectivity index (χ0v) is 17.6. The first-order chi connectivity index (χ1) is 16.1. The van der Waals surface area contributed by atoms with Crippen LogP contribution in [0.4, 0.5) is 13.2 Å². The summed E-state index contributed by atoms with van der Waals surface area (Å²) in [5, 5.41) is 12.1. The van der Waals surface area contributed by atoms with Crippen LogP contribution in [-0.2, 0) is 15.8 Å². The second kappa shape index (κ2) is 10.1. The van der Waals surface area contributed by atoms with E-state index in [1.807, 2.05) is 5.32 Å². The molecule has 2 aromatic carbocycles. The van der Waals surface area contributed by atoms with Gasteiger partial charge in [-0.05, 0) is 31.2 Å². The van der Waals surface area contributed by atoms with Crippen LogP contribution >= 0.6 is 0 Å². The van der Waals surface area contributed by atoms with E-state index in [2.05, 4.69) is 0 Å². The monoisotopic (exact) mass is 480 g/mol. The van der Waals surface area contributed by atoms with Crippen molar-refractivity contribution in [1.29, 1.82) is 0 Å². The molecule has 0 fully saturated rings. The number of benzene rings is 2. The minimum Gasteiger partial charge on any atom is -0.548 e. The van der Waals surface area contributed by atoms with Crippen LogP contribution < -0.4 is 30.1 Å². The van der Waals surface area contributed by atoms with Crippen molar-refractivity contribution in [1.82, 2.24) is 5.32 Å². The van der Waals surface area contributed by atoms with Gasteiger partial charge in [0, 0.05) is 6.07 Å². The zero-order chi connectivity index (χ0) is 24.9. The van der Waals surface area contributed by atoms with E-state index in [0.29, 0.717) is 0 Å². The molecule has 0 aliphatic heterocycles. The van der Waals surface area contributed by atoms with Crippen molar-refractivity contribution < 1.29 is 46.5 Å². The highest BCUT2D eigenvalue weighted by atomic mass is 19.4. The summed E-state index contributed by atoms with van der Waals surface area (Å²) < 4.78 is 62.0. The quantitative estimate of drug-likeness (QED) is 0.494.